The molecule has 0 aliphatic carbocycles. The van der Waals surface area contributed by atoms with Crippen LogP contribution < -0.4 is 10.6 Å². The quantitative estimate of drug-likeness (QED) is 0.598. The number of amides is 3. The van der Waals surface area contributed by atoms with E-state index in [4.69, 9.17) is 0 Å². The highest BCUT2D eigenvalue weighted by Gasteiger charge is 2.20. The Bertz CT molecular complexity index is 1110. The fourth-order valence-electron chi connectivity index (χ4n) is 3.71. The lowest BCUT2D eigenvalue weighted by molar-refractivity contribution is -0.128. The van der Waals surface area contributed by atoms with Crippen molar-refractivity contribution in [3.8, 4) is 0 Å². The summed E-state index contributed by atoms with van der Waals surface area (Å²) in [7, 11) is 0. The average Bonchev–Trinajstić information content (AvgIpc) is 3.23. The van der Waals surface area contributed by atoms with E-state index >= 15 is 0 Å². The molecule has 0 saturated carbocycles. The zero-order chi connectivity index (χ0) is 22.3. The van der Waals surface area contributed by atoms with Gasteiger partial charge in [-0.15, -0.1) is 0 Å². The van der Waals surface area contributed by atoms with Gasteiger partial charge in [0, 0.05) is 31.6 Å². The van der Waals surface area contributed by atoms with Gasteiger partial charge in [0.05, 0.1) is 11.3 Å². The summed E-state index contributed by atoms with van der Waals surface area (Å²) in [5.41, 5.74) is 3.33. The number of nitrogens with one attached hydrogen (secondary N) is 2. The molecule has 1 saturated heterocycles. The van der Waals surface area contributed by atoms with E-state index in [2.05, 4.69) is 10.6 Å². The number of likely N-dealkylation sites (tertiary alicyclic amines) is 1. The molecule has 2 N–H and O–H groups in total. The van der Waals surface area contributed by atoms with Crippen LogP contribution in [0.25, 0.3) is 0 Å². The van der Waals surface area contributed by atoms with Gasteiger partial charge >= 0.3 is 0 Å². The van der Waals surface area contributed by atoms with E-state index in [9.17, 15) is 14.4 Å². The van der Waals surface area contributed by atoms with Gasteiger partial charge in [-0.2, -0.15) is 0 Å². The third kappa shape index (κ3) is 5.21. The summed E-state index contributed by atoms with van der Waals surface area (Å²) < 4.78 is 0. The molecule has 1 aliphatic heterocycles. The number of anilines is 1. The van der Waals surface area contributed by atoms with Gasteiger partial charge in [-0.1, -0.05) is 54.6 Å². The van der Waals surface area contributed by atoms with Crippen LogP contribution in [0.4, 0.5) is 5.69 Å². The van der Waals surface area contributed by atoms with Crippen molar-refractivity contribution in [2.45, 2.75) is 25.9 Å². The Labute approximate surface area is 187 Å². The van der Waals surface area contributed by atoms with Crippen molar-refractivity contribution < 1.29 is 14.4 Å². The molecule has 6 heteroatoms. The number of rotatable bonds is 7. The Kier molecular flexibility index (Phi) is 6.60. The summed E-state index contributed by atoms with van der Waals surface area (Å²) in [6.45, 7) is 1.75. The molecule has 0 aromatic heterocycles. The maximum atomic E-state index is 12.8. The topological polar surface area (TPSA) is 78.5 Å². The van der Waals surface area contributed by atoms with Gasteiger partial charge < -0.3 is 15.5 Å². The van der Waals surface area contributed by atoms with Gasteiger partial charge in [-0.3, -0.25) is 14.4 Å². The Morgan fingerprint density at radius 2 is 1.53 bits per heavy atom. The normalized spacial score (nSPS) is 13.1. The zero-order valence-corrected chi connectivity index (χ0v) is 17.7. The van der Waals surface area contributed by atoms with Crippen LogP contribution in [0.2, 0.25) is 0 Å². The fraction of sp³-hybridized carbons (Fsp3) is 0.192. The van der Waals surface area contributed by atoms with Crippen molar-refractivity contribution >= 4 is 23.4 Å². The molecule has 0 bridgehead atoms. The third-order valence-corrected chi connectivity index (χ3v) is 5.48. The highest BCUT2D eigenvalue weighted by Crippen LogP contribution is 2.18. The molecule has 0 unspecified atom stereocenters. The highest BCUT2D eigenvalue weighted by molar-refractivity contribution is 6.09. The predicted molar refractivity (Wildman–Crippen MR) is 123 cm³/mol. The Hall–Kier alpha value is -3.93. The van der Waals surface area contributed by atoms with Crippen LogP contribution in [0.3, 0.4) is 0 Å². The number of benzene rings is 3. The van der Waals surface area contributed by atoms with Crippen LogP contribution in [-0.2, 0) is 17.9 Å². The molecule has 3 amide bonds. The van der Waals surface area contributed by atoms with Gasteiger partial charge in [-0.25, -0.2) is 0 Å². The second kappa shape index (κ2) is 9.92. The van der Waals surface area contributed by atoms with E-state index in [1.807, 2.05) is 47.4 Å². The molecule has 1 heterocycles. The summed E-state index contributed by atoms with van der Waals surface area (Å²) in [4.78, 5) is 39.1. The Morgan fingerprint density at radius 3 is 2.25 bits per heavy atom. The largest absolute Gasteiger partial charge is 0.348 e. The molecule has 1 aliphatic rings. The number of carbonyl (C=O) groups is 3. The Balaban J connectivity index is 1.40. The van der Waals surface area contributed by atoms with Crippen LogP contribution >= 0.6 is 0 Å². The first-order chi connectivity index (χ1) is 15.6. The molecule has 3 aromatic rings. The van der Waals surface area contributed by atoms with Crippen LogP contribution in [0.15, 0.2) is 78.9 Å². The zero-order valence-electron chi connectivity index (χ0n) is 17.7. The predicted octanol–water partition coefficient (Wildman–Crippen LogP) is 3.99. The number of nitrogens with zero attached hydrogens (tertiary/aromatic N) is 1. The van der Waals surface area contributed by atoms with Gasteiger partial charge in [0.15, 0.2) is 0 Å². The van der Waals surface area contributed by atoms with Gasteiger partial charge in [0.1, 0.15) is 0 Å². The van der Waals surface area contributed by atoms with E-state index < -0.39 is 0 Å². The van der Waals surface area contributed by atoms with Crippen LogP contribution in [0.1, 0.15) is 44.7 Å². The summed E-state index contributed by atoms with van der Waals surface area (Å²) in [6, 6.07) is 23.8. The summed E-state index contributed by atoms with van der Waals surface area (Å²) >= 11 is 0. The summed E-state index contributed by atoms with van der Waals surface area (Å²) in [6.07, 6.45) is 1.51. The molecule has 0 radical (unpaired) electrons. The van der Waals surface area contributed by atoms with Gasteiger partial charge in [0.25, 0.3) is 11.8 Å². The molecule has 32 heavy (non-hydrogen) atoms. The maximum Gasteiger partial charge on any atom is 0.255 e. The molecule has 4 rings (SSSR count). The molecular weight excluding hydrogens is 402 g/mol. The molecule has 3 aromatic carbocycles. The van der Waals surface area contributed by atoms with Gasteiger partial charge in [-0.05, 0) is 41.8 Å². The fourth-order valence-corrected chi connectivity index (χ4v) is 3.71. The summed E-state index contributed by atoms with van der Waals surface area (Å²) in [5, 5.41) is 5.73. The summed E-state index contributed by atoms with van der Waals surface area (Å²) in [5.74, 6) is -0.374. The Morgan fingerprint density at radius 1 is 0.812 bits per heavy atom. The smallest absolute Gasteiger partial charge is 0.255 e. The number of hydrogen-bond donors (Lipinski definition) is 2. The highest BCUT2D eigenvalue weighted by atomic mass is 16.2. The van der Waals surface area contributed by atoms with Gasteiger partial charge in [0.2, 0.25) is 5.91 Å². The SMILES string of the molecule is O=C(Nc1ccccc1C(=O)NCc1ccccc1)c1ccc(CN2CCCC2=O)cc1. The second-order valence-electron chi connectivity index (χ2n) is 7.78. The molecule has 1 fully saturated rings. The molecule has 6 nitrogen and oxygen atoms in total. The number of para-hydroxylation sites is 1. The lowest BCUT2D eigenvalue weighted by Gasteiger charge is -2.15. The molecule has 0 spiro atoms. The van der Waals surface area contributed by atoms with E-state index in [0.29, 0.717) is 36.3 Å². The first-order valence-corrected chi connectivity index (χ1v) is 10.7. The number of hydrogen-bond acceptors (Lipinski definition) is 3. The maximum absolute atomic E-state index is 12.8. The second-order valence-corrected chi connectivity index (χ2v) is 7.78. The lowest BCUT2D eigenvalue weighted by atomic mass is 10.1. The average molecular weight is 428 g/mol. The van der Waals surface area contributed by atoms with Crippen molar-refractivity contribution in [1.29, 1.82) is 0 Å². The lowest BCUT2D eigenvalue weighted by Crippen LogP contribution is -2.25. The first-order valence-electron chi connectivity index (χ1n) is 10.7. The standard InChI is InChI=1S/C26H25N3O3/c30-24-11-6-16-29(24)18-20-12-14-21(15-13-20)25(31)28-23-10-5-4-9-22(23)26(32)27-17-19-7-2-1-3-8-19/h1-5,7-10,12-15H,6,11,16-18H2,(H,27,32)(H,28,31). The minimum absolute atomic E-state index is 0.175. The van der Waals surface area contributed by atoms with Crippen LogP contribution in [-0.4, -0.2) is 29.2 Å². The van der Waals surface area contributed by atoms with E-state index in [0.717, 1.165) is 24.1 Å². The van der Waals surface area contributed by atoms with Crippen molar-refractivity contribution in [2.24, 2.45) is 0 Å². The number of carbonyl (C=O) groups excluding carboxylic acids is 3. The van der Waals surface area contributed by atoms with Crippen molar-refractivity contribution in [3.63, 3.8) is 0 Å². The van der Waals surface area contributed by atoms with Crippen LogP contribution in [0, 0.1) is 0 Å². The molecular formula is C26H25N3O3. The van der Waals surface area contributed by atoms with Crippen molar-refractivity contribution in [3.05, 3.63) is 101 Å². The molecule has 162 valence electrons. The van der Waals surface area contributed by atoms with E-state index in [1.165, 1.54) is 0 Å². The van der Waals surface area contributed by atoms with Crippen LogP contribution in [0.5, 0.6) is 0 Å². The van der Waals surface area contributed by atoms with E-state index in [-0.39, 0.29) is 17.7 Å². The first kappa shape index (κ1) is 21.3. The molecule has 0 atom stereocenters. The monoisotopic (exact) mass is 427 g/mol. The van der Waals surface area contributed by atoms with Crippen molar-refractivity contribution in [2.75, 3.05) is 11.9 Å². The van der Waals surface area contributed by atoms with Crippen molar-refractivity contribution in [1.82, 2.24) is 10.2 Å². The van der Waals surface area contributed by atoms with E-state index in [1.54, 1.807) is 36.4 Å². The minimum Gasteiger partial charge on any atom is -0.348 e. The third-order valence-electron chi connectivity index (χ3n) is 5.48. The minimum atomic E-state index is -0.294.